The molecule has 0 aliphatic rings. The number of nitrogens with zero attached hydrogens (tertiary/aromatic N) is 2. The normalized spacial score (nSPS) is 11.1. The van der Waals surface area contributed by atoms with Gasteiger partial charge in [-0.25, -0.2) is 18.4 Å². The van der Waals surface area contributed by atoms with Crippen molar-refractivity contribution in [1.29, 1.82) is 0 Å². The van der Waals surface area contributed by atoms with Crippen molar-refractivity contribution < 1.29 is 22.7 Å². The Morgan fingerprint density at radius 2 is 1.50 bits per heavy atom. The first kappa shape index (κ1) is 24.8. The van der Waals surface area contributed by atoms with E-state index < -0.39 is 15.9 Å². The molecule has 4 aromatic rings. The molecule has 0 saturated heterocycles. The van der Waals surface area contributed by atoms with Gasteiger partial charge in [0.2, 0.25) is 5.91 Å². The van der Waals surface area contributed by atoms with Gasteiger partial charge in [-0.1, -0.05) is 18.2 Å². The zero-order chi connectivity index (χ0) is 25.7. The van der Waals surface area contributed by atoms with E-state index in [2.05, 4.69) is 25.3 Å². The smallest absolute Gasteiger partial charge is 0.263 e. The van der Waals surface area contributed by atoms with Gasteiger partial charge in [-0.15, -0.1) is 0 Å². The highest BCUT2D eigenvalue weighted by molar-refractivity contribution is 7.92. The minimum absolute atomic E-state index is 0.0214. The molecule has 1 amide bonds. The Balaban J connectivity index is 1.74. The highest BCUT2D eigenvalue weighted by Gasteiger charge is 2.20. The largest absolute Gasteiger partial charge is 0.497 e. The van der Waals surface area contributed by atoms with Gasteiger partial charge >= 0.3 is 0 Å². The van der Waals surface area contributed by atoms with Gasteiger partial charge in [0.25, 0.3) is 10.0 Å². The predicted molar refractivity (Wildman–Crippen MR) is 139 cm³/mol. The first-order valence-electron chi connectivity index (χ1n) is 10.7. The molecule has 0 aliphatic heterocycles. The molecule has 3 aromatic carbocycles. The summed E-state index contributed by atoms with van der Waals surface area (Å²) in [5.74, 6) is 0.762. The minimum atomic E-state index is -4.11. The van der Waals surface area contributed by atoms with Gasteiger partial charge in [0.05, 0.1) is 38.0 Å². The SMILES string of the molecule is [B]CC(=O)Nc1cccc(S(=O)(=O)Nc2nc3ccccc3nc2Nc2cc(OC)cc(OC)c2)c1. The van der Waals surface area contributed by atoms with E-state index in [4.69, 9.17) is 17.3 Å². The third kappa shape index (κ3) is 5.66. The Hall–Kier alpha value is -4.32. The number of carbonyl (C=O) groups is 1. The fraction of sp³-hybridized carbons (Fsp3) is 0.125. The monoisotopic (exact) mass is 503 g/mol. The first-order chi connectivity index (χ1) is 17.3. The number of nitrogens with one attached hydrogen (secondary N) is 3. The lowest BCUT2D eigenvalue weighted by molar-refractivity contribution is -0.114. The van der Waals surface area contributed by atoms with E-state index in [-0.39, 0.29) is 22.9 Å². The molecule has 2 radical (unpaired) electrons. The standard InChI is InChI=1S/C24H22BN5O5S/c1-34-17-10-16(11-18(13-17)35-2)27-23-24(29-21-9-4-3-8-20(21)28-23)30-36(32,33)19-7-5-6-15(12-19)26-22(31)14-25/h3-13H,14H2,1-2H3,(H,26,31)(H,27,28)(H,29,30). The zero-order valence-electron chi connectivity index (χ0n) is 19.5. The second-order valence-corrected chi connectivity index (χ2v) is 9.20. The number of sulfonamides is 1. The van der Waals surface area contributed by atoms with Crippen molar-refractivity contribution in [2.75, 3.05) is 29.6 Å². The molecule has 1 aromatic heterocycles. The van der Waals surface area contributed by atoms with Crippen molar-refractivity contribution >= 4 is 57.8 Å². The molecule has 0 fully saturated rings. The summed E-state index contributed by atoms with van der Waals surface area (Å²) in [7, 11) is 4.27. The lowest BCUT2D eigenvalue weighted by Gasteiger charge is -2.15. The van der Waals surface area contributed by atoms with E-state index in [1.54, 1.807) is 48.5 Å². The number of methoxy groups -OCH3 is 2. The molecule has 4 rings (SSSR count). The molecule has 182 valence electrons. The molecule has 36 heavy (non-hydrogen) atoms. The van der Waals surface area contributed by atoms with Crippen LogP contribution in [0.3, 0.4) is 0 Å². The molecule has 0 saturated carbocycles. The highest BCUT2D eigenvalue weighted by atomic mass is 32.2. The van der Waals surface area contributed by atoms with Crippen LogP contribution >= 0.6 is 0 Å². The maximum atomic E-state index is 13.3. The number of rotatable bonds is 9. The number of para-hydroxylation sites is 2. The first-order valence-corrected chi connectivity index (χ1v) is 12.2. The fourth-order valence-electron chi connectivity index (χ4n) is 3.31. The fourth-order valence-corrected chi connectivity index (χ4v) is 4.37. The van der Waals surface area contributed by atoms with Crippen molar-refractivity contribution in [1.82, 2.24) is 9.97 Å². The van der Waals surface area contributed by atoms with Crippen LogP contribution in [0.4, 0.5) is 23.0 Å². The van der Waals surface area contributed by atoms with Gasteiger partial charge in [-0.05, 0) is 36.7 Å². The minimum Gasteiger partial charge on any atom is -0.497 e. The highest BCUT2D eigenvalue weighted by Crippen LogP contribution is 2.31. The Morgan fingerprint density at radius 3 is 2.11 bits per heavy atom. The summed E-state index contributed by atoms with van der Waals surface area (Å²) >= 11 is 0. The summed E-state index contributed by atoms with van der Waals surface area (Å²) in [5.41, 5.74) is 1.89. The van der Waals surface area contributed by atoms with Crippen molar-refractivity contribution in [2.45, 2.75) is 11.2 Å². The maximum absolute atomic E-state index is 13.3. The summed E-state index contributed by atoms with van der Waals surface area (Å²) in [6.07, 6.45) is -0.230. The Morgan fingerprint density at radius 1 is 0.861 bits per heavy atom. The van der Waals surface area contributed by atoms with Crippen LogP contribution in [0, 0.1) is 0 Å². The van der Waals surface area contributed by atoms with Crippen LogP contribution in [0.2, 0.25) is 6.32 Å². The van der Waals surface area contributed by atoms with Crippen LogP contribution < -0.4 is 24.8 Å². The molecular weight excluding hydrogens is 481 g/mol. The number of hydrogen-bond acceptors (Lipinski definition) is 8. The van der Waals surface area contributed by atoms with Crippen LogP contribution in [0.15, 0.2) is 71.6 Å². The third-order valence-corrected chi connectivity index (χ3v) is 6.37. The number of hydrogen-bond donors (Lipinski definition) is 3. The second kappa shape index (κ2) is 10.5. The summed E-state index contributed by atoms with van der Waals surface area (Å²) in [4.78, 5) is 20.6. The third-order valence-electron chi connectivity index (χ3n) is 5.03. The Bertz CT molecular complexity index is 1510. The molecule has 1 heterocycles. The number of carbonyl (C=O) groups excluding carboxylic acids is 1. The lowest BCUT2D eigenvalue weighted by atomic mass is 10.1. The molecular formula is C24H22BN5O5S. The number of anilines is 4. The van der Waals surface area contributed by atoms with Gasteiger partial charge < -0.3 is 20.1 Å². The van der Waals surface area contributed by atoms with Crippen molar-refractivity contribution in [3.8, 4) is 11.5 Å². The number of aromatic nitrogens is 2. The maximum Gasteiger partial charge on any atom is 0.263 e. The predicted octanol–water partition coefficient (Wildman–Crippen LogP) is 3.72. The van der Waals surface area contributed by atoms with Crippen LogP contribution in [0.1, 0.15) is 0 Å². The quantitative estimate of drug-likeness (QED) is 0.295. The van der Waals surface area contributed by atoms with Gasteiger partial charge in [-0.2, -0.15) is 0 Å². The summed E-state index contributed by atoms with van der Waals surface area (Å²) in [5, 5.41) is 5.64. The van der Waals surface area contributed by atoms with Crippen LogP contribution in [0.25, 0.3) is 11.0 Å². The Kier molecular flexibility index (Phi) is 7.25. The van der Waals surface area contributed by atoms with E-state index in [1.807, 2.05) is 0 Å². The average Bonchev–Trinajstić information content (AvgIpc) is 2.88. The second-order valence-electron chi connectivity index (χ2n) is 7.52. The average molecular weight is 503 g/mol. The molecule has 12 heteroatoms. The van der Waals surface area contributed by atoms with E-state index in [0.717, 1.165) is 0 Å². The number of fused-ring (bicyclic) bond motifs is 1. The van der Waals surface area contributed by atoms with Crippen molar-refractivity contribution in [3.63, 3.8) is 0 Å². The molecule has 10 nitrogen and oxygen atoms in total. The van der Waals surface area contributed by atoms with Gasteiger partial charge in [-0.3, -0.25) is 9.52 Å². The molecule has 0 atom stereocenters. The summed E-state index contributed by atoms with van der Waals surface area (Å²) in [6.45, 7) is 0. The van der Waals surface area contributed by atoms with Crippen molar-refractivity contribution in [3.05, 3.63) is 66.7 Å². The van der Waals surface area contributed by atoms with E-state index in [9.17, 15) is 13.2 Å². The van der Waals surface area contributed by atoms with E-state index in [0.29, 0.717) is 33.9 Å². The topological polar surface area (TPSA) is 132 Å². The molecule has 3 N–H and O–H groups in total. The Labute approximate surface area is 209 Å². The molecule has 0 bridgehead atoms. The van der Waals surface area contributed by atoms with E-state index >= 15 is 0 Å². The van der Waals surface area contributed by atoms with Gasteiger partial charge in [0.15, 0.2) is 11.6 Å². The van der Waals surface area contributed by atoms with Gasteiger partial charge in [0.1, 0.15) is 11.5 Å². The van der Waals surface area contributed by atoms with Crippen LogP contribution in [-0.4, -0.2) is 46.4 Å². The van der Waals surface area contributed by atoms with Crippen LogP contribution in [0.5, 0.6) is 11.5 Å². The lowest BCUT2D eigenvalue weighted by Crippen LogP contribution is -2.17. The molecule has 0 spiro atoms. The number of amides is 1. The number of benzene rings is 3. The summed E-state index contributed by atoms with van der Waals surface area (Å²) in [6, 6.07) is 18.0. The number of ether oxygens (including phenoxy) is 2. The van der Waals surface area contributed by atoms with Crippen molar-refractivity contribution in [2.24, 2.45) is 0 Å². The van der Waals surface area contributed by atoms with Crippen LogP contribution in [-0.2, 0) is 14.8 Å². The van der Waals surface area contributed by atoms with Gasteiger partial charge in [0, 0.05) is 29.6 Å². The summed E-state index contributed by atoms with van der Waals surface area (Å²) < 4.78 is 39.7. The molecule has 0 unspecified atom stereocenters. The van der Waals surface area contributed by atoms with E-state index in [1.165, 1.54) is 32.4 Å². The molecule has 0 aliphatic carbocycles. The zero-order valence-corrected chi connectivity index (χ0v) is 20.3.